The van der Waals surface area contributed by atoms with Crippen molar-refractivity contribution >= 4 is 27.6 Å². The van der Waals surface area contributed by atoms with Crippen LogP contribution in [0.4, 0.5) is 0 Å². The number of aryl methyl sites for hydroxylation is 1. The molecule has 0 aliphatic rings. The number of methoxy groups -OCH3 is 1. The summed E-state index contributed by atoms with van der Waals surface area (Å²) < 4.78 is 31.1. The first-order chi connectivity index (χ1) is 8.69. The highest BCUT2D eigenvalue weighted by Gasteiger charge is 2.24. The predicted molar refractivity (Wildman–Crippen MR) is 70.2 cm³/mol. The molecule has 0 saturated carbocycles. The van der Waals surface area contributed by atoms with Gasteiger partial charge in [0.25, 0.3) is 0 Å². The molecule has 0 aliphatic carbocycles. The van der Waals surface area contributed by atoms with E-state index in [0.29, 0.717) is 11.3 Å². The summed E-state index contributed by atoms with van der Waals surface area (Å²) in [5.74, 6) is -0.912. The fourth-order valence-corrected chi connectivity index (χ4v) is 3.18. The van der Waals surface area contributed by atoms with Crippen molar-refractivity contribution < 1.29 is 23.1 Å². The standard InChI is InChI=1S/C11H14ClNO5S/c1-6-4-9(18-3)8(12)5-10(6)19(16,17)13-7(2)11(14)15/h4-5,7,13H,1-3H3,(H,14,15). The van der Waals surface area contributed by atoms with Crippen LogP contribution in [0.5, 0.6) is 5.75 Å². The summed E-state index contributed by atoms with van der Waals surface area (Å²) in [5, 5.41) is 8.86. The number of ether oxygens (including phenoxy) is 1. The summed E-state index contributed by atoms with van der Waals surface area (Å²) in [6, 6.07) is 1.47. The lowest BCUT2D eigenvalue weighted by Gasteiger charge is -2.13. The van der Waals surface area contributed by atoms with E-state index < -0.39 is 22.0 Å². The highest BCUT2D eigenvalue weighted by molar-refractivity contribution is 7.89. The molecule has 0 spiro atoms. The first-order valence-corrected chi connectivity index (χ1v) is 7.14. The van der Waals surface area contributed by atoms with E-state index >= 15 is 0 Å². The van der Waals surface area contributed by atoms with E-state index in [1.54, 1.807) is 6.92 Å². The first-order valence-electron chi connectivity index (χ1n) is 5.28. The fourth-order valence-electron chi connectivity index (χ4n) is 1.43. The number of nitrogens with one attached hydrogen (secondary N) is 1. The number of rotatable bonds is 5. The Morgan fingerprint density at radius 3 is 2.53 bits per heavy atom. The van der Waals surface area contributed by atoms with Crippen LogP contribution in [0.15, 0.2) is 17.0 Å². The Bertz CT molecular complexity index is 599. The molecule has 0 amide bonds. The van der Waals surface area contributed by atoms with Crippen molar-refractivity contribution in [1.29, 1.82) is 0 Å². The number of carbonyl (C=O) groups is 1. The zero-order valence-corrected chi connectivity index (χ0v) is 12.2. The third-order valence-corrected chi connectivity index (χ3v) is 4.42. The van der Waals surface area contributed by atoms with Gasteiger partial charge in [-0.3, -0.25) is 4.79 Å². The van der Waals surface area contributed by atoms with Crippen LogP contribution in [0.25, 0.3) is 0 Å². The number of aliphatic carboxylic acids is 1. The second-order valence-corrected chi connectivity index (χ2v) is 6.02. The van der Waals surface area contributed by atoms with Crippen molar-refractivity contribution in [1.82, 2.24) is 4.72 Å². The molecule has 0 saturated heterocycles. The van der Waals surface area contributed by atoms with E-state index in [1.807, 2.05) is 0 Å². The number of halogens is 1. The molecule has 1 aromatic rings. The Morgan fingerprint density at radius 2 is 2.05 bits per heavy atom. The molecule has 6 nitrogen and oxygen atoms in total. The number of hydrogen-bond donors (Lipinski definition) is 2. The monoisotopic (exact) mass is 307 g/mol. The van der Waals surface area contributed by atoms with Crippen molar-refractivity contribution in [3.63, 3.8) is 0 Å². The molecule has 0 bridgehead atoms. The molecule has 0 heterocycles. The first kappa shape index (κ1) is 15.7. The van der Waals surface area contributed by atoms with Gasteiger partial charge < -0.3 is 9.84 Å². The number of hydrogen-bond acceptors (Lipinski definition) is 4. The van der Waals surface area contributed by atoms with Crippen molar-refractivity contribution in [2.45, 2.75) is 24.8 Å². The molecule has 19 heavy (non-hydrogen) atoms. The maximum atomic E-state index is 12.0. The van der Waals surface area contributed by atoms with E-state index in [1.165, 1.54) is 26.2 Å². The van der Waals surface area contributed by atoms with Gasteiger partial charge in [-0.15, -0.1) is 0 Å². The second kappa shape index (κ2) is 5.77. The Kier molecular flexibility index (Phi) is 4.78. The summed E-state index contributed by atoms with van der Waals surface area (Å²) >= 11 is 5.87. The summed E-state index contributed by atoms with van der Waals surface area (Å²) in [6.07, 6.45) is 0. The number of sulfonamides is 1. The highest BCUT2D eigenvalue weighted by Crippen LogP contribution is 2.30. The molecule has 2 N–H and O–H groups in total. The second-order valence-electron chi connectivity index (χ2n) is 3.93. The van der Waals surface area contributed by atoms with Gasteiger partial charge in [-0.25, -0.2) is 8.42 Å². The van der Waals surface area contributed by atoms with Gasteiger partial charge >= 0.3 is 5.97 Å². The molecule has 106 valence electrons. The molecule has 0 aliphatic heterocycles. The molecule has 0 radical (unpaired) electrons. The van der Waals surface area contributed by atoms with Crippen molar-refractivity contribution in [3.8, 4) is 5.75 Å². The van der Waals surface area contributed by atoms with Crippen LogP contribution in [0, 0.1) is 6.92 Å². The minimum atomic E-state index is -3.95. The summed E-state index contributed by atoms with van der Waals surface area (Å²) in [6.45, 7) is 2.80. The van der Waals surface area contributed by atoms with E-state index in [4.69, 9.17) is 21.4 Å². The SMILES string of the molecule is COc1cc(C)c(S(=O)(=O)NC(C)C(=O)O)cc1Cl. The van der Waals surface area contributed by atoms with Gasteiger partial charge in [0.2, 0.25) is 10.0 Å². The fraction of sp³-hybridized carbons (Fsp3) is 0.364. The average molecular weight is 308 g/mol. The molecular formula is C11H14ClNO5S. The minimum absolute atomic E-state index is 0.0774. The third kappa shape index (κ3) is 3.59. The minimum Gasteiger partial charge on any atom is -0.495 e. The zero-order chi connectivity index (χ0) is 14.8. The van der Waals surface area contributed by atoms with E-state index in [9.17, 15) is 13.2 Å². The Balaban J connectivity index is 3.22. The van der Waals surface area contributed by atoms with Crippen molar-refractivity contribution in [2.24, 2.45) is 0 Å². The highest BCUT2D eigenvalue weighted by atomic mass is 35.5. The topological polar surface area (TPSA) is 92.7 Å². The van der Waals surface area contributed by atoms with Crippen LogP contribution >= 0.6 is 11.6 Å². The lowest BCUT2D eigenvalue weighted by Crippen LogP contribution is -2.38. The van der Waals surface area contributed by atoms with Crippen LogP contribution in [-0.2, 0) is 14.8 Å². The zero-order valence-electron chi connectivity index (χ0n) is 10.6. The average Bonchev–Trinajstić information content (AvgIpc) is 2.30. The van der Waals surface area contributed by atoms with Crippen molar-refractivity contribution in [2.75, 3.05) is 7.11 Å². The molecule has 0 aromatic heterocycles. The molecule has 0 fully saturated rings. The maximum absolute atomic E-state index is 12.0. The summed E-state index contributed by atoms with van der Waals surface area (Å²) in [5.41, 5.74) is 0.409. The summed E-state index contributed by atoms with van der Waals surface area (Å²) in [7, 11) is -2.54. The molecular weight excluding hydrogens is 294 g/mol. The van der Waals surface area contributed by atoms with Crippen LogP contribution in [0.3, 0.4) is 0 Å². The summed E-state index contributed by atoms with van der Waals surface area (Å²) in [4.78, 5) is 10.6. The molecule has 8 heteroatoms. The van der Waals surface area contributed by atoms with Gasteiger partial charge in [-0.1, -0.05) is 11.6 Å². The van der Waals surface area contributed by atoms with Crippen LogP contribution in [-0.4, -0.2) is 32.6 Å². The molecule has 1 aromatic carbocycles. The van der Waals surface area contributed by atoms with Crippen LogP contribution in [0.1, 0.15) is 12.5 Å². The quantitative estimate of drug-likeness (QED) is 0.858. The Morgan fingerprint density at radius 1 is 1.47 bits per heavy atom. The molecule has 1 atom stereocenters. The predicted octanol–water partition coefficient (Wildman–Crippen LogP) is 1.41. The lowest BCUT2D eigenvalue weighted by atomic mass is 10.2. The lowest BCUT2D eigenvalue weighted by molar-refractivity contribution is -0.138. The largest absolute Gasteiger partial charge is 0.495 e. The van der Waals surface area contributed by atoms with Crippen LogP contribution in [0.2, 0.25) is 5.02 Å². The third-order valence-electron chi connectivity index (χ3n) is 2.44. The van der Waals surface area contributed by atoms with Gasteiger partial charge in [0, 0.05) is 0 Å². The van der Waals surface area contributed by atoms with E-state index in [2.05, 4.69) is 4.72 Å². The molecule has 1 unspecified atom stereocenters. The molecule has 1 rings (SSSR count). The van der Waals surface area contributed by atoms with Gasteiger partial charge in [-0.2, -0.15) is 4.72 Å². The van der Waals surface area contributed by atoms with E-state index in [0.717, 1.165) is 0 Å². The Labute approximate surface area is 116 Å². The normalized spacial score (nSPS) is 13.1. The van der Waals surface area contributed by atoms with Gasteiger partial charge in [0.05, 0.1) is 17.0 Å². The van der Waals surface area contributed by atoms with Crippen LogP contribution < -0.4 is 9.46 Å². The van der Waals surface area contributed by atoms with Gasteiger partial charge in [-0.05, 0) is 31.5 Å². The van der Waals surface area contributed by atoms with Gasteiger partial charge in [0.15, 0.2) is 0 Å². The smallest absolute Gasteiger partial charge is 0.321 e. The van der Waals surface area contributed by atoms with Crippen molar-refractivity contribution in [3.05, 3.63) is 22.7 Å². The number of benzene rings is 1. The van der Waals surface area contributed by atoms with E-state index in [-0.39, 0.29) is 9.92 Å². The number of carboxylic acids is 1. The Hall–Kier alpha value is -1.31. The maximum Gasteiger partial charge on any atom is 0.321 e. The number of carboxylic acid groups (broad SMARTS) is 1. The van der Waals surface area contributed by atoms with Gasteiger partial charge in [0.1, 0.15) is 11.8 Å².